The van der Waals surface area contributed by atoms with Gasteiger partial charge in [-0.05, 0) is 35.1 Å². The summed E-state index contributed by atoms with van der Waals surface area (Å²) < 4.78 is 27.1. The fourth-order valence-electron chi connectivity index (χ4n) is 1.52. The van der Waals surface area contributed by atoms with Crippen molar-refractivity contribution in [3.05, 3.63) is 40.0 Å². The number of rotatable bonds is 3. The zero-order valence-corrected chi connectivity index (χ0v) is 10.6. The Kier molecular flexibility index (Phi) is 3.54. The molecule has 17 heavy (non-hydrogen) atoms. The molecule has 0 saturated heterocycles. The third-order valence-corrected chi connectivity index (χ3v) is 3.17. The summed E-state index contributed by atoms with van der Waals surface area (Å²) in [6.07, 6.45) is 0. The summed E-state index contributed by atoms with van der Waals surface area (Å²) in [4.78, 5) is 0. The maximum atomic E-state index is 13.6. The molecular weight excluding hydrogens is 292 g/mol. The largest absolute Gasteiger partial charge is 0.314 e. The van der Waals surface area contributed by atoms with Gasteiger partial charge in [-0.3, -0.25) is 5.10 Å². The van der Waals surface area contributed by atoms with Crippen LogP contribution in [-0.4, -0.2) is 17.2 Å². The van der Waals surface area contributed by atoms with Crippen LogP contribution in [0.4, 0.5) is 8.78 Å². The highest BCUT2D eigenvalue weighted by Crippen LogP contribution is 2.30. The van der Waals surface area contributed by atoms with Gasteiger partial charge in [0.05, 0.1) is 10.2 Å². The lowest BCUT2D eigenvalue weighted by molar-refractivity contribution is 0.585. The molecule has 6 heteroatoms. The highest BCUT2D eigenvalue weighted by molar-refractivity contribution is 9.10. The van der Waals surface area contributed by atoms with Gasteiger partial charge in [0.2, 0.25) is 0 Å². The average molecular weight is 302 g/mol. The highest BCUT2D eigenvalue weighted by Gasteiger charge is 2.15. The van der Waals surface area contributed by atoms with Crippen LogP contribution in [0.1, 0.15) is 5.69 Å². The van der Waals surface area contributed by atoms with E-state index in [2.05, 4.69) is 31.4 Å². The standard InChI is InChI=1S/C11H10BrF2N3/c1-15-5-9-10(12)11(17-16-9)7-3-2-6(13)4-8(7)14/h2-4,15H,5H2,1H3,(H,16,17). The Labute approximate surface area is 105 Å². The van der Waals surface area contributed by atoms with Crippen LogP contribution in [0.5, 0.6) is 0 Å². The molecule has 1 aromatic carbocycles. The van der Waals surface area contributed by atoms with E-state index in [9.17, 15) is 8.78 Å². The molecule has 0 fully saturated rings. The average Bonchev–Trinajstić information content (AvgIpc) is 2.62. The SMILES string of the molecule is CNCc1[nH]nc(-c2ccc(F)cc2F)c1Br. The third-order valence-electron chi connectivity index (χ3n) is 2.32. The Morgan fingerprint density at radius 1 is 1.41 bits per heavy atom. The normalized spacial score (nSPS) is 10.8. The first-order valence-electron chi connectivity index (χ1n) is 4.96. The Bertz CT molecular complexity index is 540. The van der Waals surface area contributed by atoms with Crippen LogP contribution in [-0.2, 0) is 6.54 Å². The van der Waals surface area contributed by atoms with E-state index in [-0.39, 0.29) is 5.56 Å². The summed E-state index contributed by atoms with van der Waals surface area (Å²) in [5, 5.41) is 9.77. The Morgan fingerprint density at radius 3 is 2.82 bits per heavy atom. The second-order valence-corrected chi connectivity index (χ2v) is 4.31. The van der Waals surface area contributed by atoms with Crippen LogP contribution in [0.3, 0.4) is 0 Å². The van der Waals surface area contributed by atoms with Crippen molar-refractivity contribution in [1.82, 2.24) is 15.5 Å². The second kappa shape index (κ2) is 4.93. The molecule has 0 unspecified atom stereocenters. The molecule has 0 atom stereocenters. The summed E-state index contributed by atoms with van der Waals surface area (Å²) in [6, 6.07) is 3.42. The number of halogens is 3. The summed E-state index contributed by atoms with van der Waals surface area (Å²) in [5.74, 6) is -1.23. The Hall–Kier alpha value is -1.27. The van der Waals surface area contributed by atoms with E-state index in [1.807, 2.05) is 0 Å². The zero-order valence-electron chi connectivity index (χ0n) is 9.02. The van der Waals surface area contributed by atoms with Crippen molar-refractivity contribution in [3.8, 4) is 11.3 Å². The summed E-state index contributed by atoms with van der Waals surface area (Å²) in [5.41, 5.74) is 1.51. The molecule has 1 aromatic heterocycles. The maximum absolute atomic E-state index is 13.6. The van der Waals surface area contributed by atoms with Crippen molar-refractivity contribution < 1.29 is 8.78 Å². The first-order valence-corrected chi connectivity index (χ1v) is 5.75. The van der Waals surface area contributed by atoms with Gasteiger partial charge in [-0.25, -0.2) is 8.78 Å². The molecule has 2 N–H and O–H groups in total. The van der Waals surface area contributed by atoms with Crippen LogP contribution < -0.4 is 5.32 Å². The quantitative estimate of drug-likeness (QED) is 0.915. The monoisotopic (exact) mass is 301 g/mol. The van der Waals surface area contributed by atoms with Crippen molar-refractivity contribution in [2.45, 2.75) is 6.54 Å². The topological polar surface area (TPSA) is 40.7 Å². The molecule has 1 heterocycles. The molecule has 0 bridgehead atoms. The zero-order chi connectivity index (χ0) is 12.4. The first kappa shape index (κ1) is 12.2. The van der Waals surface area contributed by atoms with Gasteiger partial charge in [0.15, 0.2) is 0 Å². The van der Waals surface area contributed by atoms with Crippen LogP contribution >= 0.6 is 15.9 Å². The molecule has 2 aromatic rings. The lowest BCUT2D eigenvalue weighted by Crippen LogP contribution is -2.05. The van der Waals surface area contributed by atoms with Crippen LogP contribution in [0.2, 0.25) is 0 Å². The van der Waals surface area contributed by atoms with Crippen molar-refractivity contribution in [2.75, 3.05) is 7.05 Å². The molecule has 0 aliphatic carbocycles. The molecule has 0 saturated carbocycles. The van der Waals surface area contributed by atoms with E-state index in [0.717, 1.165) is 11.8 Å². The fraction of sp³-hybridized carbons (Fsp3) is 0.182. The van der Waals surface area contributed by atoms with Gasteiger partial charge in [0, 0.05) is 18.2 Å². The van der Waals surface area contributed by atoms with Gasteiger partial charge in [-0.2, -0.15) is 5.10 Å². The molecule has 0 radical (unpaired) electrons. The Balaban J connectivity index is 2.46. The lowest BCUT2D eigenvalue weighted by atomic mass is 10.1. The molecule has 0 aliphatic rings. The summed E-state index contributed by atoms with van der Waals surface area (Å²) in [7, 11) is 1.80. The van der Waals surface area contributed by atoms with Crippen LogP contribution in [0.25, 0.3) is 11.3 Å². The first-order chi connectivity index (χ1) is 8.13. The molecule has 0 amide bonds. The predicted octanol–water partition coefficient (Wildman–Crippen LogP) is 2.84. The van der Waals surface area contributed by atoms with Gasteiger partial charge in [-0.15, -0.1) is 0 Å². The number of benzene rings is 1. The van der Waals surface area contributed by atoms with Crippen LogP contribution in [0.15, 0.2) is 22.7 Å². The minimum Gasteiger partial charge on any atom is -0.314 e. The van der Waals surface area contributed by atoms with Gasteiger partial charge in [0.25, 0.3) is 0 Å². The summed E-state index contributed by atoms with van der Waals surface area (Å²) >= 11 is 3.35. The minimum atomic E-state index is -0.631. The number of aromatic nitrogens is 2. The summed E-state index contributed by atoms with van der Waals surface area (Å²) in [6.45, 7) is 0.580. The van der Waals surface area contributed by atoms with E-state index >= 15 is 0 Å². The third kappa shape index (κ3) is 2.37. The van der Waals surface area contributed by atoms with Crippen molar-refractivity contribution in [3.63, 3.8) is 0 Å². The van der Waals surface area contributed by atoms with Gasteiger partial charge in [-0.1, -0.05) is 0 Å². The number of H-pyrrole nitrogens is 1. The van der Waals surface area contributed by atoms with E-state index in [1.165, 1.54) is 12.1 Å². The highest BCUT2D eigenvalue weighted by atomic mass is 79.9. The Morgan fingerprint density at radius 2 is 2.18 bits per heavy atom. The van der Waals surface area contributed by atoms with Crippen molar-refractivity contribution in [2.24, 2.45) is 0 Å². The number of hydrogen-bond donors (Lipinski definition) is 2. The fourth-order valence-corrected chi connectivity index (χ4v) is 2.05. The molecular formula is C11H10BrF2N3. The maximum Gasteiger partial charge on any atom is 0.135 e. The van der Waals surface area contributed by atoms with Gasteiger partial charge >= 0.3 is 0 Å². The lowest BCUT2D eigenvalue weighted by Gasteiger charge is -2.01. The van der Waals surface area contributed by atoms with Gasteiger partial charge < -0.3 is 5.32 Å². The van der Waals surface area contributed by atoms with E-state index in [4.69, 9.17) is 0 Å². The van der Waals surface area contributed by atoms with Crippen molar-refractivity contribution >= 4 is 15.9 Å². The molecule has 0 spiro atoms. The molecule has 3 nitrogen and oxygen atoms in total. The number of aromatic amines is 1. The van der Waals surface area contributed by atoms with E-state index < -0.39 is 11.6 Å². The molecule has 2 rings (SSSR count). The molecule has 0 aliphatic heterocycles. The second-order valence-electron chi connectivity index (χ2n) is 3.52. The van der Waals surface area contributed by atoms with Crippen LogP contribution in [0, 0.1) is 11.6 Å². The van der Waals surface area contributed by atoms with Crippen molar-refractivity contribution in [1.29, 1.82) is 0 Å². The predicted molar refractivity (Wildman–Crippen MR) is 64.4 cm³/mol. The van der Waals surface area contributed by atoms with E-state index in [0.29, 0.717) is 16.7 Å². The van der Waals surface area contributed by atoms with Gasteiger partial charge in [0.1, 0.15) is 17.3 Å². The minimum absolute atomic E-state index is 0.261. The molecule has 90 valence electrons. The smallest absolute Gasteiger partial charge is 0.135 e. The van der Waals surface area contributed by atoms with E-state index in [1.54, 1.807) is 7.05 Å². The number of hydrogen-bond acceptors (Lipinski definition) is 2. The number of nitrogens with zero attached hydrogens (tertiary/aromatic N) is 1. The number of nitrogens with one attached hydrogen (secondary N) is 2.